The number of ether oxygens (including phenoxy) is 1. The molecule has 0 bridgehead atoms. The monoisotopic (exact) mass is 1260 g/mol. The molecule has 2 amide bonds. The fourth-order valence-electron chi connectivity index (χ4n) is 8.23. The lowest BCUT2D eigenvalue weighted by molar-refractivity contribution is -0.137. The summed E-state index contributed by atoms with van der Waals surface area (Å²) in [5.41, 5.74) is 4.25. The van der Waals surface area contributed by atoms with E-state index in [-0.39, 0.29) is 59.6 Å². The largest absolute Gasteiger partial charge is 0.481 e. The second kappa shape index (κ2) is 40.2. The van der Waals surface area contributed by atoms with Crippen molar-refractivity contribution in [2.45, 2.75) is 180 Å². The molecular weight excluding hydrogens is 1170 g/mol. The van der Waals surface area contributed by atoms with Gasteiger partial charge in [0.25, 0.3) is 0 Å². The van der Waals surface area contributed by atoms with E-state index >= 15 is 0 Å². The number of Topliss-reactive ketones (excluding diaryl/α,β-unsaturated/α-hetero) is 1. The summed E-state index contributed by atoms with van der Waals surface area (Å²) in [5.74, 6) is -1.42. The lowest BCUT2D eigenvalue weighted by Gasteiger charge is -2.30. The number of fused-ring (bicyclic) bond motifs is 1. The first-order chi connectivity index (χ1) is 39.9. The van der Waals surface area contributed by atoms with Crippen molar-refractivity contribution in [3.05, 3.63) is 85.6 Å². The van der Waals surface area contributed by atoms with Crippen LogP contribution in [0, 0.1) is 5.41 Å². The van der Waals surface area contributed by atoms with Crippen LogP contribution in [0.25, 0.3) is 11.2 Å². The molecule has 0 radical (unpaired) electrons. The Balaban J connectivity index is 1.17. The van der Waals surface area contributed by atoms with Gasteiger partial charge in [0.1, 0.15) is 42.0 Å². The Morgan fingerprint density at radius 3 is 1.88 bits per heavy atom. The number of hydrogen-bond acceptors (Lipinski definition) is 19. The van der Waals surface area contributed by atoms with Crippen molar-refractivity contribution in [3.63, 3.8) is 0 Å². The van der Waals surface area contributed by atoms with Crippen LogP contribution in [-0.2, 0) is 55.5 Å². The normalized spacial score (nSPS) is 19.0. The van der Waals surface area contributed by atoms with Crippen molar-refractivity contribution in [2.24, 2.45) is 5.41 Å². The molecule has 472 valence electrons. The van der Waals surface area contributed by atoms with Crippen molar-refractivity contribution < 1.29 is 85.3 Å². The number of nitrogen functional groups attached to an aromatic ring is 1. The maximum atomic E-state index is 12.8. The average Bonchev–Trinajstić information content (AvgIpc) is 2.09. The molecule has 1 saturated heterocycles. The maximum Gasteiger partial charge on any atom is 0.481 e. The zero-order valence-corrected chi connectivity index (χ0v) is 51.8. The number of imidazole rings is 1. The second-order valence-corrected chi connectivity index (χ2v) is 25.9. The number of aromatic nitrogens is 4. The molecule has 0 saturated carbocycles. The highest BCUT2D eigenvalue weighted by Gasteiger charge is 2.50. The number of rotatable bonds is 45. The molecule has 25 nitrogen and oxygen atoms in total. The number of nitrogens with zero attached hydrogens (tertiary/aromatic N) is 4. The summed E-state index contributed by atoms with van der Waals surface area (Å²) >= 11 is 0.937. The molecule has 84 heavy (non-hydrogen) atoms. The molecule has 3 heterocycles. The van der Waals surface area contributed by atoms with Gasteiger partial charge in [-0.15, -0.1) is 0 Å². The van der Waals surface area contributed by atoms with Crippen molar-refractivity contribution in [3.8, 4) is 0 Å². The Labute approximate surface area is 496 Å². The van der Waals surface area contributed by atoms with Crippen LogP contribution in [0.2, 0.25) is 0 Å². The van der Waals surface area contributed by atoms with E-state index < -0.39 is 84.6 Å². The van der Waals surface area contributed by atoms with Gasteiger partial charge in [-0.1, -0.05) is 157 Å². The average molecular weight is 1260 g/mol. The molecule has 2 aromatic rings. The minimum Gasteiger partial charge on any atom is -0.386 e. The van der Waals surface area contributed by atoms with E-state index in [0.717, 1.165) is 99.6 Å². The van der Waals surface area contributed by atoms with Gasteiger partial charge in [-0.3, -0.25) is 37.3 Å². The van der Waals surface area contributed by atoms with Gasteiger partial charge in [-0.05, 0) is 57.8 Å². The molecule has 0 aromatic carbocycles. The number of nitrogens with one attached hydrogen (secondary N) is 2. The molecule has 29 heteroatoms. The SMILES string of the molecule is CC/C=C\C/C=C\C/C=C\C/C=C\C/C=C\C/C=C\CCCCCCCCCCCCC(=O)CC(=O)SCCNC(=O)CCNC(=O)[C@H](O)C(C)(C)COP(=O)(O)OP(=O)(O)OC[C@H]1O[C@@H](n2cnc3c(N)ncnc32)[C@H](O)[C@@H]1OP(=O)(O)O. The third-order valence-corrected chi connectivity index (χ3v) is 16.8. The van der Waals surface area contributed by atoms with E-state index in [9.17, 15) is 62.7 Å². The fourth-order valence-corrected chi connectivity index (χ4v) is 11.8. The number of aliphatic hydroxyl groups is 2. The van der Waals surface area contributed by atoms with Crippen molar-refractivity contribution in [2.75, 3.05) is 37.8 Å². The van der Waals surface area contributed by atoms with E-state index in [2.05, 4.69) is 114 Å². The van der Waals surface area contributed by atoms with Crippen molar-refractivity contribution in [1.29, 1.82) is 0 Å². The lowest BCUT2D eigenvalue weighted by Crippen LogP contribution is -2.46. The van der Waals surface area contributed by atoms with Gasteiger partial charge in [0.2, 0.25) is 11.8 Å². The number of amides is 2. The van der Waals surface area contributed by atoms with E-state index in [1.54, 1.807) is 0 Å². The van der Waals surface area contributed by atoms with Crippen molar-refractivity contribution >= 4 is 74.9 Å². The number of nitrogens with two attached hydrogens (primary N) is 1. The van der Waals surface area contributed by atoms with Gasteiger partial charge < -0.3 is 50.9 Å². The first-order valence-electron chi connectivity index (χ1n) is 28.4. The third-order valence-electron chi connectivity index (χ3n) is 12.8. The van der Waals surface area contributed by atoms with Crippen LogP contribution in [0.4, 0.5) is 5.82 Å². The molecule has 0 spiro atoms. The predicted molar refractivity (Wildman–Crippen MR) is 320 cm³/mol. The van der Waals surface area contributed by atoms with Crippen LogP contribution >= 0.6 is 35.2 Å². The standard InChI is InChI=1S/C55H88N7O18P3S/c1-4-5-6-7-8-9-10-11-12-13-14-15-16-17-18-19-20-21-22-23-24-25-26-27-28-29-30-31-32-33-43(63)38-46(65)84-37-36-57-45(64)34-35-58-53(68)50(67)55(2,3)40-77-83(74,75)80-82(72,73)76-39-44-49(79-81(69,70)71)48(66)54(78-44)62-42-61-47-51(56)59-41-60-52(47)62/h5-6,8-9,11-12,14-15,17-18,20-21,41-42,44,48-50,54,66-67H,4,7,10,13,16,19,22-40H2,1-3H3,(H,57,64)(H,58,68)(H,72,73)(H,74,75)(H2,56,59,60)(H2,69,70,71)/b6-5-,9-8-,12-11-,15-14-,18-17-,21-20-/t44-,48-,49-,50+,54-/m1/s1. The van der Waals surface area contributed by atoms with Crippen LogP contribution in [-0.4, -0.2) is 128 Å². The number of anilines is 1. The number of unbranched alkanes of at least 4 members (excludes halogenated alkanes) is 10. The minimum atomic E-state index is -5.60. The summed E-state index contributed by atoms with van der Waals surface area (Å²) in [5, 5.41) is 26.3. The Hall–Kier alpha value is -4.33. The lowest BCUT2D eigenvalue weighted by atomic mass is 9.87. The topological polar surface area (TPSA) is 381 Å². The summed E-state index contributed by atoms with van der Waals surface area (Å²) in [6, 6.07) is 0. The molecule has 0 aliphatic carbocycles. The first-order valence-corrected chi connectivity index (χ1v) is 33.9. The molecule has 1 fully saturated rings. The van der Waals surface area contributed by atoms with Crippen molar-refractivity contribution in [1.82, 2.24) is 30.2 Å². The minimum absolute atomic E-state index is 0.0249. The number of thioether (sulfide) groups is 1. The number of carbonyl (C=O) groups is 4. The highest BCUT2D eigenvalue weighted by molar-refractivity contribution is 8.13. The van der Waals surface area contributed by atoms with Gasteiger partial charge in [-0.25, -0.2) is 28.6 Å². The highest BCUT2D eigenvalue weighted by atomic mass is 32.2. The van der Waals surface area contributed by atoms with Gasteiger partial charge in [0.15, 0.2) is 22.8 Å². The molecule has 2 unspecified atom stereocenters. The number of phosphoric ester groups is 3. The number of carbonyl (C=O) groups excluding carboxylic acids is 4. The summed E-state index contributed by atoms with van der Waals surface area (Å²) in [4.78, 5) is 101. The highest BCUT2D eigenvalue weighted by Crippen LogP contribution is 2.61. The van der Waals surface area contributed by atoms with Gasteiger partial charge in [0.05, 0.1) is 26.0 Å². The molecule has 1 aliphatic rings. The van der Waals surface area contributed by atoms with Gasteiger partial charge in [0, 0.05) is 37.1 Å². The summed E-state index contributed by atoms with van der Waals surface area (Å²) < 4.78 is 62.6. The van der Waals surface area contributed by atoms with Crippen LogP contribution in [0.1, 0.15) is 155 Å². The zero-order chi connectivity index (χ0) is 61.9. The predicted octanol–water partition coefficient (Wildman–Crippen LogP) is 9.00. The van der Waals surface area contributed by atoms with Crippen LogP contribution in [0.3, 0.4) is 0 Å². The molecular formula is C55H88N7O18P3S. The number of aliphatic hydroxyl groups excluding tert-OH is 2. The quantitative estimate of drug-likeness (QED) is 0.0129. The Bertz CT molecular complexity index is 2660. The zero-order valence-electron chi connectivity index (χ0n) is 48.3. The van der Waals surface area contributed by atoms with E-state index in [1.165, 1.54) is 52.4 Å². The van der Waals surface area contributed by atoms with Crippen LogP contribution in [0.5, 0.6) is 0 Å². The summed E-state index contributed by atoms with van der Waals surface area (Å²) in [7, 11) is -16.5. The Kier molecular flexibility index (Phi) is 35.4. The number of hydrogen-bond donors (Lipinski definition) is 9. The summed E-state index contributed by atoms with van der Waals surface area (Å²) in [6.07, 6.45) is 38.1. The van der Waals surface area contributed by atoms with E-state index in [4.69, 9.17) is 19.5 Å². The number of phosphoric acid groups is 3. The van der Waals surface area contributed by atoms with Gasteiger partial charge >= 0.3 is 23.5 Å². The second-order valence-electron chi connectivity index (χ2n) is 20.5. The molecule has 10 N–H and O–H groups in total. The molecule has 3 rings (SSSR count). The molecule has 1 aliphatic heterocycles. The van der Waals surface area contributed by atoms with Crippen LogP contribution in [0.15, 0.2) is 85.6 Å². The first kappa shape index (κ1) is 73.9. The van der Waals surface area contributed by atoms with E-state index in [0.29, 0.717) is 6.42 Å². The third kappa shape index (κ3) is 31.4. The Morgan fingerprint density at radius 1 is 0.750 bits per heavy atom. The van der Waals surface area contributed by atoms with Gasteiger partial charge in [-0.2, -0.15) is 4.31 Å². The smallest absolute Gasteiger partial charge is 0.386 e. The molecule has 7 atom stereocenters. The Morgan fingerprint density at radius 2 is 1.30 bits per heavy atom. The maximum absolute atomic E-state index is 12.8. The van der Waals surface area contributed by atoms with E-state index in [1.807, 2.05) is 0 Å². The fraction of sp³-hybridized carbons (Fsp3) is 0.618. The summed E-state index contributed by atoms with van der Waals surface area (Å²) in [6.45, 7) is 2.47. The number of allylic oxidation sites excluding steroid dienone is 12. The molecule has 2 aromatic heterocycles. The van der Waals surface area contributed by atoms with Crippen LogP contribution < -0.4 is 16.4 Å². The number of ketones is 1.